The molecule has 2 heterocycles. The number of ether oxygens (including phenoxy) is 3. The van der Waals surface area contributed by atoms with E-state index in [1.165, 1.54) is 20.4 Å². The third kappa shape index (κ3) is 5.75. The van der Waals surface area contributed by atoms with Crippen LogP contribution in [-0.4, -0.2) is 64.2 Å². The van der Waals surface area contributed by atoms with Crippen molar-refractivity contribution in [2.75, 3.05) is 14.2 Å². The zero-order valence-corrected chi connectivity index (χ0v) is 16.3. The summed E-state index contributed by atoms with van der Waals surface area (Å²) in [5.74, 6) is -1.63. The van der Waals surface area contributed by atoms with E-state index in [4.69, 9.17) is 9.47 Å². The predicted octanol–water partition coefficient (Wildman–Crippen LogP) is -0.931. The molecule has 0 aliphatic carbocycles. The molecule has 11 heteroatoms. The highest BCUT2D eigenvalue weighted by molar-refractivity contribution is 5.79. The molecule has 29 heavy (non-hydrogen) atoms. The van der Waals surface area contributed by atoms with Crippen LogP contribution in [0.15, 0.2) is 21.9 Å². The SMILES string of the molecule is COC(=O)CC(CCCC[C@H]1O[C@@H](n2ccc(=O)[nH]c2=O)[C@H](O)[C@@H]1O)C(=O)OC. The summed E-state index contributed by atoms with van der Waals surface area (Å²) in [5.41, 5.74) is -1.33. The smallest absolute Gasteiger partial charge is 0.330 e. The fraction of sp³-hybridized carbons (Fsp3) is 0.667. The monoisotopic (exact) mass is 414 g/mol. The van der Waals surface area contributed by atoms with Crippen molar-refractivity contribution in [2.45, 2.75) is 56.6 Å². The van der Waals surface area contributed by atoms with Gasteiger partial charge in [0.1, 0.15) is 12.2 Å². The van der Waals surface area contributed by atoms with Crippen LogP contribution in [-0.2, 0) is 23.8 Å². The van der Waals surface area contributed by atoms with E-state index in [9.17, 15) is 29.4 Å². The number of rotatable bonds is 9. The summed E-state index contributed by atoms with van der Waals surface area (Å²) in [6.07, 6.45) is -1.48. The molecule has 1 saturated heterocycles. The fourth-order valence-electron chi connectivity index (χ4n) is 3.32. The number of hydrogen-bond donors (Lipinski definition) is 3. The zero-order chi connectivity index (χ0) is 21.6. The van der Waals surface area contributed by atoms with Crippen molar-refractivity contribution in [3.63, 3.8) is 0 Å². The lowest BCUT2D eigenvalue weighted by Crippen LogP contribution is -2.37. The number of aromatic amines is 1. The highest BCUT2D eigenvalue weighted by atomic mass is 16.6. The van der Waals surface area contributed by atoms with Gasteiger partial charge in [0.15, 0.2) is 6.23 Å². The minimum absolute atomic E-state index is 0.0817. The van der Waals surface area contributed by atoms with Crippen LogP contribution in [0, 0.1) is 5.92 Å². The molecule has 0 bridgehead atoms. The molecule has 5 atom stereocenters. The maximum atomic E-state index is 11.9. The average molecular weight is 414 g/mol. The quantitative estimate of drug-likeness (QED) is 0.343. The molecule has 162 valence electrons. The topological polar surface area (TPSA) is 157 Å². The van der Waals surface area contributed by atoms with E-state index in [1.807, 2.05) is 0 Å². The van der Waals surface area contributed by atoms with Crippen LogP contribution in [0.1, 0.15) is 38.3 Å². The molecule has 2 rings (SSSR count). The standard InChI is InChI=1S/C18H26N2O9/c1-27-13(22)9-10(17(25)28-2)5-3-4-6-11-14(23)15(24)16(29-11)20-8-7-12(21)19-18(20)26/h7-8,10-11,14-16,23-24H,3-6,9H2,1-2H3,(H,19,21,26)/t10?,11-,14-,15-,16-/m1/s1. The van der Waals surface area contributed by atoms with Gasteiger partial charge in [-0.3, -0.25) is 23.9 Å². The van der Waals surface area contributed by atoms with E-state index in [0.717, 1.165) is 10.6 Å². The van der Waals surface area contributed by atoms with Crippen LogP contribution in [0.3, 0.4) is 0 Å². The molecule has 1 unspecified atom stereocenters. The highest BCUT2D eigenvalue weighted by Gasteiger charge is 2.43. The van der Waals surface area contributed by atoms with Crippen LogP contribution < -0.4 is 11.2 Å². The molecule has 1 aliphatic rings. The van der Waals surface area contributed by atoms with Crippen LogP contribution in [0.2, 0.25) is 0 Å². The van der Waals surface area contributed by atoms with Gasteiger partial charge < -0.3 is 24.4 Å². The van der Waals surface area contributed by atoms with Crippen LogP contribution >= 0.6 is 0 Å². The Bertz CT molecular complexity index is 818. The number of methoxy groups -OCH3 is 2. The molecular weight excluding hydrogens is 388 g/mol. The molecule has 11 nitrogen and oxygen atoms in total. The molecule has 0 saturated carbocycles. The van der Waals surface area contributed by atoms with Crippen molar-refractivity contribution >= 4 is 11.9 Å². The molecule has 0 radical (unpaired) electrons. The van der Waals surface area contributed by atoms with Gasteiger partial charge in [0.25, 0.3) is 5.56 Å². The van der Waals surface area contributed by atoms with Crippen molar-refractivity contribution in [3.05, 3.63) is 33.1 Å². The molecule has 1 fully saturated rings. The number of hydrogen-bond acceptors (Lipinski definition) is 9. The van der Waals surface area contributed by atoms with E-state index < -0.39 is 53.6 Å². The second-order valence-electron chi connectivity index (χ2n) is 6.85. The average Bonchev–Trinajstić information content (AvgIpc) is 2.97. The Morgan fingerprint density at radius 2 is 1.93 bits per heavy atom. The van der Waals surface area contributed by atoms with Crippen LogP contribution in [0.4, 0.5) is 0 Å². The number of H-pyrrole nitrogens is 1. The molecule has 0 aromatic carbocycles. The van der Waals surface area contributed by atoms with E-state index in [-0.39, 0.29) is 6.42 Å². The van der Waals surface area contributed by atoms with E-state index >= 15 is 0 Å². The summed E-state index contributed by atoms with van der Waals surface area (Å²) in [4.78, 5) is 48.3. The first-order chi connectivity index (χ1) is 13.8. The number of unbranched alkanes of at least 4 members (excludes halogenated alkanes) is 1. The first-order valence-corrected chi connectivity index (χ1v) is 9.26. The number of esters is 2. The number of carbonyl (C=O) groups excluding carboxylic acids is 2. The van der Waals surface area contributed by atoms with Gasteiger partial charge in [0.05, 0.1) is 32.7 Å². The number of nitrogens with zero attached hydrogens (tertiary/aromatic N) is 1. The Morgan fingerprint density at radius 1 is 1.21 bits per heavy atom. The van der Waals surface area contributed by atoms with Gasteiger partial charge in [0.2, 0.25) is 0 Å². The molecule has 1 aliphatic heterocycles. The molecule has 1 aromatic heterocycles. The summed E-state index contributed by atoms with van der Waals surface area (Å²) in [6, 6.07) is 1.12. The third-order valence-electron chi connectivity index (χ3n) is 4.93. The minimum Gasteiger partial charge on any atom is -0.469 e. The Labute approximate surface area is 166 Å². The maximum Gasteiger partial charge on any atom is 0.330 e. The lowest BCUT2D eigenvalue weighted by molar-refractivity contribution is -0.152. The van der Waals surface area contributed by atoms with E-state index in [0.29, 0.717) is 25.7 Å². The van der Waals surface area contributed by atoms with Gasteiger partial charge in [-0.1, -0.05) is 12.8 Å². The first kappa shape index (κ1) is 22.8. The first-order valence-electron chi connectivity index (χ1n) is 9.26. The minimum atomic E-state index is -1.34. The van der Waals surface area contributed by atoms with Gasteiger partial charge in [-0.2, -0.15) is 0 Å². The predicted molar refractivity (Wildman–Crippen MR) is 97.9 cm³/mol. The second-order valence-corrected chi connectivity index (χ2v) is 6.85. The lowest BCUT2D eigenvalue weighted by atomic mass is 9.96. The van der Waals surface area contributed by atoms with Crippen molar-refractivity contribution in [1.29, 1.82) is 0 Å². The van der Waals surface area contributed by atoms with Gasteiger partial charge in [-0.25, -0.2) is 4.79 Å². The molecular formula is C18H26N2O9. The largest absolute Gasteiger partial charge is 0.469 e. The summed E-state index contributed by atoms with van der Waals surface area (Å²) in [6.45, 7) is 0. The van der Waals surface area contributed by atoms with Crippen molar-refractivity contribution < 1.29 is 34.0 Å². The Morgan fingerprint density at radius 3 is 2.55 bits per heavy atom. The normalized spacial score (nSPS) is 24.8. The van der Waals surface area contributed by atoms with Gasteiger partial charge in [-0.15, -0.1) is 0 Å². The summed E-state index contributed by atoms with van der Waals surface area (Å²) in [7, 11) is 2.49. The second kappa shape index (κ2) is 10.3. The molecule has 0 amide bonds. The molecule has 1 aromatic rings. The summed E-state index contributed by atoms with van der Waals surface area (Å²) < 4.78 is 15.9. The van der Waals surface area contributed by atoms with Gasteiger partial charge in [-0.05, 0) is 12.8 Å². The third-order valence-corrected chi connectivity index (χ3v) is 4.93. The zero-order valence-electron chi connectivity index (χ0n) is 16.3. The van der Waals surface area contributed by atoms with Crippen molar-refractivity contribution in [1.82, 2.24) is 9.55 Å². The molecule has 0 spiro atoms. The number of aliphatic hydroxyl groups is 2. The van der Waals surface area contributed by atoms with E-state index in [1.54, 1.807) is 0 Å². The Balaban J connectivity index is 1.90. The summed E-state index contributed by atoms with van der Waals surface area (Å²) >= 11 is 0. The van der Waals surface area contributed by atoms with Gasteiger partial charge >= 0.3 is 17.6 Å². The van der Waals surface area contributed by atoms with Crippen molar-refractivity contribution in [3.8, 4) is 0 Å². The molecule has 3 N–H and O–H groups in total. The number of carbonyl (C=O) groups is 2. The highest BCUT2D eigenvalue weighted by Crippen LogP contribution is 2.31. The number of aliphatic hydroxyl groups excluding tert-OH is 2. The number of nitrogens with one attached hydrogen (secondary N) is 1. The van der Waals surface area contributed by atoms with E-state index in [2.05, 4.69) is 9.72 Å². The van der Waals surface area contributed by atoms with Gasteiger partial charge in [0, 0.05) is 12.3 Å². The number of aromatic nitrogens is 2. The van der Waals surface area contributed by atoms with Crippen molar-refractivity contribution in [2.24, 2.45) is 5.92 Å². The lowest BCUT2D eigenvalue weighted by Gasteiger charge is -2.17. The summed E-state index contributed by atoms with van der Waals surface area (Å²) in [5, 5.41) is 20.4. The van der Waals surface area contributed by atoms with Crippen LogP contribution in [0.25, 0.3) is 0 Å². The Kier molecular flexibility index (Phi) is 8.11. The Hall–Kier alpha value is -2.50. The van der Waals surface area contributed by atoms with Crippen LogP contribution in [0.5, 0.6) is 0 Å². The maximum absolute atomic E-state index is 11.9. The fourth-order valence-corrected chi connectivity index (χ4v) is 3.32.